The third-order valence-electron chi connectivity index (χ3n) is 5.84. The molecule has 8 heteroatoms. The van der Waals surface area contributed by atoms with E-state index >= 15 is 0 Å². The Morgan fingerprint density at radius 1 is 1.16 bits per heavy atom. The number of benzene rings is 2. The number of nitrogens with zero attached hydrogens (tertiary/aromatic N) is 4. The molecule has 0 spiro atoms. The molecule has 1 fully saturated rings. The van der Waals surface area contributed by atoms with Gasteiger partial charge in [0.25, 0.3) is 0 Å². The number of oxime groups is 1. The lowest BCUT2D eigenvalue weighted by atomic mass is 10.0. The average molecular weight is 421 g/mol. The smallest absolute Gasteiger partial charge is 0.199 e. The van der Waals surface area contributed by atoms with E-state index in [1.165, 1.54) is 12.1 Å². The van der Waals surface area contributed by atoms with Gasteiger partial charge in [0.05, 0.1) is 11.3 Å². The Morgan fingerprint density at radius 2 is 1.97 bits per heavy atom. The van der Waals surface area contributed by atoms with Gasteiger partial charge in [-0.2, -0.15) is 0 Å². The van der Waals surface area contributed by atoms with Gasteiger partial charge in [0.15, 0.2) is 5.88 Å². The molecule has 2 aliphatic rings. The monoisotopic (exact) mass is 421 g/mol. The molecule has 2 N–H and O–H groups in total. The molecule has 3 heterocycles. The van der Waals surface area contributed by atoms with Crippen LogP contribution in [0.2, 0.25) is 0 Å². The van der Waals surface area contributed by atoms with E-state index in [-0.39, 0.29) is 11.7 Å². The molecule has 3 aromatic rings. The van der Waals surface area contributed by atoms with Crippen LogP contribution in [0.3, 0.4) is 0 Å². The van der Waals surface area contributed by atoms with E-state index in [4.69, 9.17) is 4.84 Å². The normalized spacial score (nSPS) is 18.5. The first kappa shape index (κ1) is 19.7. The first-order valence-corrected chi connectivity index (χ1v) is 10.4. The summed E-state index contributed by atoms with van der Waals surface area (Å²) in [6.45, 7) is 5.38. The second-order valence-corrected chi connectivity index (χ2v) is 7.93. The van der Waals surface area contributed by atoms with Crippen molar-refractivity contribution < 1.29 is 14.3 Å². The van der Waals surface area contributed by atoms with E-state index in [0.29, 0.717) is 34.5 Å². The van der Waals surface area contributed by atoms with Crippen molar-refractivity contribution in [3.63, 3.8) is 0 Å². The summed E-state index contributed by atoms with van der Waals surface area (Å²) in [5.74, 6) is -0.455. The van der Waals surface area contributed by atoms with Crippen LogP contribution in [0.25, 0.3) is 10.9 Å². The average Bonchev–Trinajstić information content (AvgIpc) is 3.28. The summed E-state index contributed by atoms with van der Waals surface area (Å²) in [7, 11) is 2.13. The SMILES string of the molecule is CN1CCN(CCON=C2C(c3c(O)[nH]c4ccc(F)cc34)=Nc3ccccc32)CC1. The molecule has 0 bridgehead atoms. The molecular weight excluding hydrogens is 397 g/mol. The summed E-state index contributed by atoms with van der Waals surface area (Å²) in [6.07, 6.45) is 0. The zero-order valence-electron chi connectivity index (χ0n) is 17.3. The molecule has 7 nitrogen and oxygen atoms in total. The minimum Gasteiger partial charge on any atom is -0.494 e. The highest BCUT2D eigenvalue weighted by molar-refractivity contribution is 6.58. The van der Waals surface area contributed by atoms with Crippen molar-refractivity contribution in [1.82, 2.24) is 14.8 Å². The van der Waals surface area contributed by atoms with Gasteiger partial charge in [0.1, 0.15) is 23.8 Å². The number of piperazine rings is 1. The fraction of sp³-hybridized carbons (Fsp3) is 0.304. The zero-order chi connectivity index (χ0) is 21.4. The van der Waals surface area contributed by atoms with Gasteiger partial charge in [-0.25, -0.2) is 9.38 Å². The Balaban J connectivity index is 1.43. The Morgan fingerprint density at radius 3 is 2.81 bits per heavy atom. The highest BCUT2D eigenvalue weighted by Gasteiger charge is 2.29. The lowest BCUT2D eigenvalue weighted by Crippen LogP contribution is -2.45. The van der Waals surface area contributed by atoms with Crippen LogP contribution in [0, 0.1) is 5.82 Å². The number of hydrogen-bond donors (Lipinski definition) is 2. The van der Waals surface area contributed by atoms with Crippen molar-refractivity contribution in [2.75, 3.05) is 46.4 Å². The zero-order valence-corrected chi connectivity index (χ0v) is 17.3. The molecule has 1 saturated heterocycles. The summed E-state index contributed by atoms with van der Waals surface area (Å²) in [4.78, 5) is 17.9. The van der Waals surface area contributed by atoms with Crippen LogP contribution in [-0.2, 0) is 4.84 Å². The van der Waals surface area contributed by atoms with Crippen molar-refractivity contribution in [3.05, 3.63) is 59.4 Å². The maximum absolute atomic E-state index is 13.9. The van der Waals surface area contributed by atoms with Gasteiger partial charge in [0.2, 0.25) is 0 Å². The molecule has 0 unspecified atom stereocenters. The maximum atomic E-state index is 13.9. The van der Waals surface area contributed by atoms with E-state index in [1.807, 2.05) is 24.3 Å². The number of aromatic nitrogens is 1. The number of aliphatic imine (C=N–C) groups is 1. The first-order chi connectivity index (χ1) is 15.1. The predicted octanol–water partition coefficient (Wildman–Crippen LogP) is 3.12. The molecule has 2 aliphatic heterocycles. The summed E-state index contributed by atoms with van der Waals surface area (Å²) in [5, 5.41) is 15.5. The van der Waals surface area contributed by atoms with Gasteiger partial charge in [-0.3, -0.25) is 4.90 Å². The number of likely N-dealkylation sites (N-methyl/N-ethyl adjacent to an activating group) is 1. The minimum absolute atomic E-state index is 0.0720. The standard InChI is InChI=1S/C23H24FN5O2/c1-28-8-10-29(11-9-28)12-13-31-27-21-16-4-2-3-5-18(16)25-22(21)20-17-14-15(24)6-7-19(17)26-23(20)30/h2-7,14,26,30H,8-13H2,1H3. The number of halogens is 1. The number of aromatic hydroxyl groups is 1. The number of aromatic amines is 1. The van der Waals surface area contributed by atoms with Gasteiger partial charge in [-0.05, 0) is 31.3 Å². The van der Waals surface area contributed by atoms with Crippen LogP contribution >= 0.6 is 0 Å². The Labute approximate surface area is 179 Å². The number of hydrogen-bond acceptors (Lipinski definition) is 6. The Hall–Kier alpha value is -3.23. The number of nitrogens with one attached hydrogen (secondary N) is 1. The van der Waals surface area contributed by atoms with E-state index in [9.17, 15) is 9.50 Å². The molecule has 0 aliphatic carbocycles. The van der Waals surface area contributed by atoms with E-state index in [0.717, 1.165) is 44.0 Å². The molecule has 0 saturated carbocycles. The van der Waals surface area contributed by atoms with Gasteiger partial charge >= 0.3 is 0 Å². The van der Waals surface area contributed by atoms with E-state index in [2.05, 4.69) is 32.0 Å². The number of H-pyrrole nitrogens is 1. The van der Waals surface area contributed by atoms with Gasteiger partial charge in [-0.15, -0.1) is 0 Å². The maximum Gasteiger partial charge on any atom is 0.199 e. The lowest BCUT2D eigenvalue weighted by molar-refractivity contribution is 0.0864. The second-order valence-electron chi connectivity index (χ2n) is 7.93. The predicted molar refractivity (Wildman–Crippen MR) is 119 cm³/mol. The van der Waals surface area contributed by atoms with Gasteiger partial charge in [0, 0.05) is 49.2 Å². The molecular formula is C23H24FN5O2. The van der Waals surface area contributed by atoms with Crippen molar-refractivity contribution in [3.8, 4) is 5.88 Å². The minimum atomic E-state index is -0.384. The fourth-order valence-corrected chi connectivity index (χ4v) is 4.08. The summed E-state index contributed by atoms with van der Waals surface area (Å²) in [6, 6.07) is 11.9. The summed E-state index contributed by atoms with van der Waals surface area (Å²) in [5.41, 5.74) is 3.62. The van der Waals surface area contributed by atoms with Crippen LogP contribution < -0.4 is 0 Å². The third-order valence-corrected chi connectivity index (χ3v) is 5.84. The Kier molecular flexibility index (Phi) is 5.17. The quantitative estimate of drug-likeness (QED) is 0.490. The molecule has 2 aromatic carbocycles. The molecule has 0 amide bonds. The molecule has 1 aromatic heterocycles. The van der Waals surface area contributed by atoms with Crippen LogP contribution in [-0.4, -0.2) is 77.7 Å². The number of rotatable bonds is 5. The number of para-hydroxylation sites is 1. The third kappa shape index (κ3) is 3.80. The van der Waals surface area contributed by atoms with Crippen LogP contribution in [0.1, 0.15) is 11.1 Å². The molecule has 0 radical (unpaired) electrons. The molecule has 31 heavy (non-hydrogen) atoms. The second kappa shape index (κ2) is 8.13. The van der Waals surface area contributed by atoms with Crippen LogP contribution in [0.5, 0.6) is 5.88 Å². The van der Waals surface area contributed by atoms with Crippen molar-refractivity contribution in [2.24, 2.45) is 10.1 Å². The summed E-state index contributed by atoms with van der Waals surface area (Å²) < 4.78 is 13.9. The van der Waals surface area contributed by atoms with Crippen molar-refractivity contribution in [1.29, 1.82) is 0 Å². The van der Waals surface area contributed by atoms with Gasteiger partial charge < -0.3 is 19.8 Å². The highest BCUT2D eigenvalue weighted by atomic mass is 19.1. The van der Waals surface area contributed by atoms with Crippen molar-refractivity contribution >= 4 is 28.0 Å². The largest absolute Gasteiger partial charge is 0.494 e. The molecule has 5 rings (SSSR count). The molecule has 160 valence electrons. The van der Waals surface area contributed by atoms with Gasteiger partial charge in [-0.1, -0.05) is 23.4 Å². The van der Waals surface area contributed by atoms with E-state index in [1.54, 1.807) is 6.07 Å². The summed E-state index contributed by atoms with van der Waals surface area (Å²) >= 11 is 0. The van der Waals surface area contributed by atoms with E-state index < -0.39 is 0 Å². The molecule has 0 atom stereocenters. The Bertz CT molecular complexity index is 1180. The topological polar surface area (TPSA) is 76.5 Å². The number of fused-ring (bicyclic) bond motifs is 2. The lowest BCUT2D eigenvalue weighted by Gasteiger charge is -2.31. The van der Waals surface area contributed by atoms with Crippen molar-refractivity contribution in [2.45, 2.75) is 0 Å². The van der Waals surface area contributed by atoms with Crippen LogP contribution in [0.4, 0.5) is 10.1 Å². The highest BCUT2D eigenvalue weighted by Crippen LogP contribution is 2.35. The first-order valence-electron chi connectivity index (χ1n) is 10.4. The van der Waals surface area contributed by atoms with Crippen LogP contribution in [0.15, 0.2) is 52.6 Å². The fourth-order valence-electron chi connectivity index (χ4n) is 4.08.